The van der Waals surface area contributed by atoms with E-state index in [0.29, 0.717) is 23.3 Å². The Morgan fingerprint density at radius 3 is 0.879 bits per heavy atom. The van der Waals surface area contributed by atoms with Crippen molar-refractivity contribution in [3.63, 3.8) is 0 Å². The van der Waals surface area contributed by atoms with Crippen molar-refractivity contribution in [1.82, 2.24) is 24.9 Å². The van der Waals surface area contributed by atoms with Gasteiger partial charge in [0.05, 0.1) is 11.4 Å². The summed E-state index contributed by atoms with van der Waals surface area (Å²) in [7, 11) is 0. The zero-order chi connectivity index (χ0) is 44.1. The van der Waals surface area contributed by atoms with Gasteiger partial charge < -0.3 is 0 Å². The van der Waals surface area contributed by atoms with Crippen molar-refractivity contribution < 1.29 is 0 Å². The van der Waals surface area contributed by atoms with Gasteiger partial charge in [0.2, 0.25) is 0 Å². The lowest BCUT2D eigenvalue weighted by Gasteiger charge is -2.17. The van der Waals surface area contributed by atoms with Gasteiger partial charge in [0.15, 0.2) is 23.3 Å². The number of nitrogens with zero attached hydrogens (tertiary/aromatic N) is 5. The van der Waals surface area contributed by atoms with E-state index in [1.165, 1.54) is 11.1 Å². The average molecular weight is 844 g/mol. The number of hydrogen-bond donors (Lipinski definition) is 0. The summed E-state index contributed by atoms with van der Waals surface area (Å²) in [6.45, 7) is 0. The Balaban J connectivity index is 1.01. The zero-order valence-electron chi connectivity index (χ0n) is 35.9. The van der Waals surface area contributed by atoms with E-state index in [2.05, 4.69) is 152 Å². The summed E-state index contributed by atoms with van der Waals surface area (Å²) in [5, 5.41) is 0. The van der Waals surface area contributed by atoms with Gasteiger partial charge in [-0.15, -0.1) is 0 Å². The fourth-order valence-corrected chi connectivity index (χ4v) is 8.43. The summed E-state index contributed by atoms with van der Waals surface area (Å²) in [6.07, 6.45) is 0. The molecule has 0 fully saturated rings. The molecule has 0 aliphatic heterocycles. The van der Waals surface area contributed by atoms with Crippen molar-refractivity contribution in [3.05, 3.63) is 249 Å². The molecule has 5 nitrogen and oxygen atoms in total. The van der Waals surface area contributed by atoms with Crippen molar-refractivity contribution in [2.24, 2.45) is 0 Å². The highest BCUT2D eigenvalue weighted by Gasteiger charge is 2.18. The molecule has 0 bridgehead atoms. The molecule has 9 aromatic carbocycles. The average Bonchev–Trinajstić information content (AvgIpc) is 3.42. The van der Waals surface area contributed by atoms with Gasteiger partial charge in [0, 0.05) is 33.4 Å². The van der Waals surface area contributed by atoms with Crippen LogP contribution in [-0.4, -0.2) is 24.9 Å². The van der Waals surface area contributed by atoms with Gasteiger partial charge >= 0.3 is 0 Å². The lowest BCUT2D eigenvalue weighted by Crippen LogP contribution is -2.00. The van der Waals surface area contributed by atoms with E-state index in [1.54, 1.807) is 0 Å². The number of hydrogen-bond acceptors (Lipinski definition) is 5. The Morgan fingerprint density at radius 1 is 0.182 bits per heavy atom. The lowest BCUT2D eigenvalue weighted by atomic mass is 9.86. The zero-order valence-corrected chi connectivity index (χ0v) is 35.9. The van der Waals surface area contributed by atoms with Crippen LogP contribution in [0, 0.1) is 0 Å². The molecule has 310 valence electrons. The number of rotatable bonds is 10. The van der Waals surface area contributed by atoms with Crippen LogP contribution >= 0.6 is 0 Å². The van der Waals surface area contributed by atoms with Crippen LogP contribution in [0.15, 0.2) is 249 Å². The molecule has 11 rings (SSSR count). The molecule has 2 heterocycles. The molecule has 0 unspecified atom stereocenters. The quantitative estimate of drug-likeness (QED) is 0.137. The van der Waals surface area contributed by atoms with Crippen molar-refractivity contribution in [2.45, 2.75) is 0 Å². The largest absolute Gasteiger partial charge is 0.228 e. The Bertz CT molecular complexity index is 3280. The lowest BCUT2D eigenvalue weighted by molar-refractivity contribution is 1.07. The van der Waals surface area contributed by atoms with E-state index in [4.69, 9.17) is 24.9 Å². The van der Waals surface area contributed by atoms with Gasteiger partial charge in [0.1, 0.15) is 0 Å². The minimum absolute atomic E-state index is 0.616. The van der Waals surface area contributed by atoms with Crippen molar-refractivity contribution in [2.75, 3.05) is 0 Å². The molecule has 0 saturated carbocycles. The predicted octanol–water partition coefficient (Wildman–Crippen LogP) is 15.3. The van der Waals surface area contributed by atoms with Gasteiger partial charge in [-0.25, -0.2) is 24.9 Å². The molecule has 0 spiro atoms. The molecule has 0 aliphatic carbocycles. The highest BCUT2D eigenvalue weighted by atomic mass is 15.0. The molecule has 66 heavy (non-hydrogen) atoms. The van der Waals surface area contributed by atoms with Gasteiger partial charge in [-0.1, -0.05) is 243 Å². The SMILES string of the molecule is c1ccc(-c2ccc(-c3cccc(-c4ccc(-c5cc(-c6ccccc6)nc(-c6ccccc6)n5)cc4)c3-c3ccc(-c4nc(-c5ccccc5)nc(-c5ccccc5)n4)cc3)cc2)cc1. The first kappa shape index (κ1) is 39.9. The fourth-order valence-electron chi connectivity index (χ4n) is 8.43. The third-order valence-electron chi connectivity index (χ3n) is 11.8. The fraction of sp³-hybridized carbons (Fsp3) is 0. The molecular formula is C61H41N5. The first-order valence-electron chi connectivity index (χ1n) is 22.1. The monoisotopic (exact) mass is 843 g/mol. The number of benzene rings is 9. The molecule has 0 N–H and O–H groups in total. The highest BCUT2D eigenvalue weighted by Crippen LogP contribution is 2.42. The number of aromatic nitrogens is 5. The molecule has 5 heteroatoms. The summed E-state index contributed by atoms with van der Waals surface area (Å²) < 4.78 is 0. The van der Waals surface area contributed by atoms with Crippen LogP contribution < -0.4 is 0 Å². The molecule has 11 aromatic rings. The van der Waals surface area contributed by atoms with E-state index >= 15 is 0 Å². The topological polar surface area (TPSA) is 64.5 Å². The van der Waals surface area contributed by atoms with Crippen LogP contribution in [0.3, 0.4) is 0 Å². The first-order valence-corrected chi connectivity index (χ1v) is 22.1. The minimum atomic E-state index is 0.616. The Hall–Kier alpha value is -8.93. The highest BCUT2D eigenvalue weighted by molar-refractivity contribution is 5.95. The maximum absolute atomic E-state index is 5.10. The molecule has 0 saturated heterocycles. The van der Waals surface area contributed by atoms with Crippen molar-refractivity contribution in [3.8, 4) is 113 Å². The van der Waals surface area contributed by atoms with Gasteiger partial charge in [-0.2, -0.15) is 0 Å². The predicted molar refractivity (Wildman–Crippen MR) is 270 cm³/mol. The maximum atomic E-state index is 5.10. The minimum Gasteiger partial charge on any atom is -0.228 e. The Kier molecular flexibility index (Phi) is 10.9. The van der Waals surface area contributed by atoms with Crippen LogP contribution in [0.1, 0.15) is 0 Å². The van der Waals surface area contributed by atoms with E-state index in [0.717, 1.165) is 78.1 Å². The second-order valence-corrected chi connectivity index (χ2v) is 16.1. The van der Waals surface area contributed by atoms with E-state index in [9.17, 15) is 0 Å². The van der Waals surface area contributed by atoms with Crippen molar-refractivity contribution in [1.29, 1.82) is 0 Å². The van der Waals surface area contributed by atoms with E-state index in [-0.39, 0.29) is 0 Å². The van der Waals surface area contributed by atoms with Crippen LogP contribution in [0.5, 0.6) is 0 Å². The molecule has 0 aliphatic rings. The normalized spacial score (nSPS) is 11.0. The second kappa shape index (κ2) is 18.0. The molecular weight excluding hydrogens is 803 g/mol. The Morgan fingerprint density at radius 2 is 0.455 bits per heavy atom. The summed E-state index contributed by atoms with van der Waals surface area (Å²) in [5.41, 5.74) is 16.6. The van der Waals surface area contributed by atoms with Crippen molar-refractivity contribution >= 4 is 0 Å². The summed E-state index contributed by atoms with van der Waals surface area (Å²) in [5.74, 6) is 2.57. The van der Waals surface area contributed by atoms with Crippen LogP contribution in [0.25, 0.3) is 113 Å². The molecule has 2 aromatic heterocycles. The van der Waals surface area contributed by atoms with Crippen LogP contribution in [0.4, 0.5) is 0 Å². The second-order valence-electron chi connectivity index (χ2n) is 16.1. The summed E-state index contributed by atoms with van der Waals surface area (Å²) >= 11 is 0. The molecule has 0 radical (unpaired) electrons. The molecule has 0 amide bonds. The van der Waals surface area contributed by atoms with Gasteiger partial charge in [-0.05, 0) is 50.6 Å². The van der Waals surface area contributed by atoms with E-state index in [1.807, 2.05) is 97.1 Å². The standard InChI is InChI=1S/C61H41N5/c1-6-17-42(18-7-1)43-29-31-44(32-30-43)53-27-16-28-54(45-33-35-47(36-34-45)56-41-55(46-19-8-2-9-20-46)62-58(63-56)49-21-10-3-11-22-49)57(53)48-37-39-52(40-38-48)61-65-59(50-23-12-4-13-24-50)64-60(66-61)51-25-14-5-15-26-51/h1-41H. The Labute approximate surface area is 384 Å². The smallest absolute Gasteiger partial charge is 0.164 e. The maximum Gasteiger partial charge on any atom is 0.164 e. The first-order chi connectivity index (χ1) is 32.7. The van der Waals surface area contributed by atoms with Crippen LogP contribution in [-0.2, 0) is 0 Å². The summed E-state index contributed by atoms with van der Waals surface area (Å²) in [6, 6.07) is 86.1. The molecule has 0 atom stereocenters. The van der Waals surface area contributed by atoms with E-state index < -0.39 is 0 Å². The van der Waals surface area contributed by atoms with Gasteiger partial charge in [0.25, 0.3) is 0 Å². The summed E-state index contributed by atoms with van der Waals surface area (Å²) in [4.78, 5) is 25.1. The third kappa shape index (κ3) is 8.32. The van der Waals surface area contributed by atoms with Crippen LogP contribution in [0.2, 0.25) is 0 Å². The van der Waals surface area contributed by atoms with Gasteiger partial charge in [-0.3, -0.25) is 0 Å². The third-order valence-corrected chi connectivity index (χ3v) is 11.8.